The quantitative estimate of drug-likeness (QED) is 0.231. The zero-order valence-corrected chi connectivity index (χ0v) is 22.8. The molecule has 0 atom stereocenters. The van der Waals surface area contributed by atoms with Gasteiger partial charge in [0, 0.05) is 23.5 Å². The van der Waals surface area contributed by atoms with Crippen molar-refractivity contribution in [1.82, 2.24) is 9.97 Å². The van der Waals surface area contributed by atoms with Crippen LogP contribution in [0, 0.1) is 0 Å². The topological polar surface area (TPSA) is 44.2 Å². The van der Waals surface area contributed by atoms with E-state index in [4.69, 9.17) is 9.31 Å². The van der Waals surface area contributed by atoms with Gasteiger partial charge in [0.25, 0.3) is 0 Å². The van der Waals surface area contributed by atoms with Crippen molar-refractivity contribution >= 4 is 12.6 Å². The normalized spacial score (nSPS) is 15.8. The van der Waals surface area contributed by atoms with Gasteiger partial charge in [-0.1, -0.05) is 78.9 Å². The Morgan fingerprint density at radius 2 is 0.974 bits per heavy atom. The number of nitrogens with zero attached hydrogens (tertiary/aromatic N) is 2. The van der Waals surface area contributed by atoms with E-state index in [2.05, 4.69) is 104 Å². The molecule has 0 spiro atoms. The van der Waals surface area contributed by atoms with E-state index in [1.807, 2.05) is 48.8 Å². The minimum atomic E-state index is -0.479. The lowest BCUT2D eigenvalue weighted by atomic mass is 9.73. The van der Waals surface area contributed by atoms with Gasteiger partial charge in [-0.2, -0.15) is 0 Å². The molecule has 3 aromatic carbocycles. The lowest BCUT2D eigenvalue weighted by Gasteiger charge is -2.32. The minimum Gasteiger partial charge on any atom is -0.399 e. The van der Waals surface area contributed by atoms with Crippen molar-refractivity contribution in [2.75, 3.05) is 0 Å². The lowest BCUT2D eigenvalue weighted by Crippen LogP contribution is -2.41. The van der Waals surface area contributed by atoms with Crippen molar-refractivity contribution in [3.8, 4) is 44.8 Å². The molecule has 0 N–H and O–H groups in total. The van der Waals surface area contributed by atoms with Gasteiger partial charge in [-0.25, -0.2) is 0 Å². The van der Waals surface area contributed by atoms with E-state index in [1.54, 1.807) is 0 Å². The number of hydrogen-bond acceptors (Lipinski definition) is 4. The summed E-state index contributed by atoms with van der Waals surface area (Å²) in [6.07, 6.45) is 3.64. The molecule has 1 aliphatic rings. The van der Waals surface area contributed by atoms with Gasteiger partial charge in [-0.3, -0.25) is 9.97 Å². The molecule has 39 heavy (non-hydrogen) atoms. The van der Waals surface area contributed by atoms with Crippen LogP contribution in [-0.4, -0.2) is 28.3 Å². The second-order valence-corrected chi connectivity index (χ2v) is 11.0. The Kier molecular flexibility index (Phi) is 6.42. The van der Waals surface area contributed by atoms with Crippen molar-refractivity contribution in [3.63, 3.8) is 0 Å². The van der Waals surface area contributed by atoms with Crippen LogP contribution in [0.15, 0.2) is 116 Å². The standard InChI is InChI=1S/C34H31BN2O2/c1-33(2)34(3,4)39-35(38-33)30-23-28(24-11-15-26(16-12-24)31-9-5-7-21-36-31)19-20-29(30)25-13-17-27(18-14-25)32-10-6-8-22-37-32/h5-23H,1-4H3. The average Bonchev–Trinajstić information content (AvgIpc) is 3.20. The molecule has 0 bridgehead atoms. The Labute approximate surface area is 230 Å². The smallest absolute Gasteiger partial charge is 0.399 e. The van der Waals surface area contributed by atoms with E-state index >= 15 is 0 Å². The van der Waals surface area contributed by atoms with Crippen molar-refractivity contribution in [1.29, 1.82) is 0 Å². The first kappa shape index (κ1) is 25.2. The molecule has 2 aromatic heterocycles. The molecule has 5 aromatic rings. The molecule has 1 fully saturated rings. The number of pyridine rings is 2. The maximum atomic E-state index is 6.53. The zero-order valence-electron chi connectivity index (χ0n) is 22.8. The Morgan fingerprint density at radius 3 is 1.46 bits per heavy atom. The van der Waals surface area contributed by atoms with E-state index in [1.165, 1.54) is 0 Å². The van der Waals surface area contributed by atoms with Crippen LogP contribution in [0.5, 0.6) is 0 Å². The molecule has 6 rings (SSSR count). The third kappa shape index (κ3) is 4.92. The van der Waals surface area contributed by atoms with Gasteiger partial charge in [0.1, 0.15) is 0 Å². The average molecular weight is 510 g/mol. The molecule has 1 saturated heterocycles. The SMILES string of the molecule is CC1(C)OB(c2cc(-c3ccc(-c4ccccn4)cc3)ccc2-c2ccc(-c3ccccn3)cc2)OC1(C)C. The summed E-state index contributed by atoms with van der Waals surface area (Å²) in [5.74, 6) is 0. The predicted octanol–water partition coefficient (Wildman–Crippen LogP) is 7.44. The maximum Gasteiger partial charge on any atom is 0.495 e. The number of aromatic nitrogens is 2. The lowest BCUT2D eigenvalue weighted by molar-refractivity contribution is 0.00578. The summed E-state index contributed by atoms with van der Waals surface area (Å²) in [5, 5.41) is 0. The van der Waals surface area contributed by atoms with Crippen LogP contribution in [0.1, 0.15) is 27.7 Å². The first-order valence-corrected chi connectivity index (χ1v) is 13.3. The van der Waals surface area contributed by atoms with Gasteiger partial charge >= 0.3 is 7.12 Å². The Bertz CT molecular complexity index is 1570. The van der Waals surface area contributed by atoms with Crippen molar-refractivity contribution in [2.45, 2.75) is 38.9 Å². The number of hydrogen-bond donors (Lipinski definition) is 0. The van der Waals surface area contributed by atoms with Gasteiger partial charge in [-0.15, -0.1) is 0 Å². The van der Waals surface area contributed by atoms with Crippen LogP contribution in [0.4, 0.5) is 0 Å². The van der Waals surface area contributed by atoms with E-state index < -0.39 is 18.3 Å². The summed E-state index contributed by atoms with van der Waals surface area (Å²) in [6, 6.07) is 35.6. The monoisotopic (exact) mass is 510 g/mol. The summed E-state index contributed by atoms with van der Waals surface area (Å²) in [5.41, 5.74) is 8.70. The highest BCUT2D eigenvalue weighted by Gasteiger charge is 2.52. The molecule has 192 valence electrons. The van der Waals surface area contributed by atoms with Gasteiger partial charge in [0.05, 0.1) is 22.6 Å². The van der Waals surface area contributed by atoms with Crippen LogP contribution in [0.3, 0.4) is 0 Å². The second kappa shape index (κ2) is 9.92. The number of benzene rings is 3. The highest BCUT2D eigenvalue weighted by molar-refractivity contribution is 6.64. The largest absolute Gasteiger partial charge is 0.495 e. The fourth-order valence-electron chi connectivity index (χ4n) is 4.89. The molecule has 0 unspecified atom stereocenters. The molecule has 0 amide bonds. The Morgan fingerprint density at radius 1 is 0.513 bits per heavy atom. The molecular weight excluding hydrogens is 479 g/mol. The predicted molar refractivity (Wildman–Crippen MR) is 159 cm³/mol. The van der Waals surface area contributed by atoms with Crippen molar-refractivity contribution in [2.24, 2.45) is 0 Å². The second-order valence-electron chi connectivity index (χ2n) is 11.0. The number of rotatable bonds is 5. The fourth-order valence-corrected chi connectivity index (χ4v) is 4.89. The van der Waals surface area contributed by atoms with Gasteiger partial charge in [0.15, 0.2) is 0 Å². The molecule has 3 heterocycles. The first-order valence-electron chi connectivity index (χ1n) is 13.3. The molecule has 0 saturated carbocycles. The van der Waals surface area contributed by atoms with Crippen LogP contribution in [0.25, 0.3) is 44.8 Å². The van der Waals surface area contributed by atoms with Gasteiger partial charge in [0.2, 0.25) is 0 Å². The van der Waals surface area contributed by atoms with E-state index in [0.717, 1.165) is 50.2 Å². The fraction of sp³-hybridized carbons (Fsp3) is 0.176. The molecule has 0 radical (unpaired) electrons. The van der Waals surface area contributed by atoms with Crippen molar-refractivity contribution in [3.05, 3.63) is 116 Å². The maximum absolute atomic E-state index is 6.53. The Balaban J connectivity index is 1.39. The highest BCUT2D eigenvalue weighted by Crippen LogP contribution is 2.38. The van der Waals surface area contributed by atoms with E-state index in [0.29, 0.717) is 0 Å². The van der Waals surface area contributed by atoms with Crippen LogP contribution in [-0.2, 0) is 9.31 Å². The summed E-state index contributed by atoms with van der Waals surface area (Å²) in [6.45, 7) is 8.37. The minimum absolute atomic E-state index is 0.432. The zero-order chi connectivity index (χ0) is 27.0. The first-order chi connectivity index (χ1) is 18.8. The van der Waals surface area contributed by atoms with Crippen LogP contribution < -0.4 is 5.46 Å². The summed E-state index contributed by atoms with van der Waals surface area (Å²) < 4.78 is 13.1. The summed E-state index contributed by atoms with van der Waals surface area (Å²) in [7, 11) is -0.479. The van der Waals surface area contributed by atoms with Crippen molar-refractivity contribution < 1.29 is 9.31 Å². The highest BCUT2D eigenvalue weighted by atomic mass is 16.7. The third-order valence-electron chi connectivity index (χ3n) is 7.89. The molecule has 4 nitrogen and oxygen atoms in total. The molecule has 0 aliphatic carbocycles. The van der Waals surface area contributed by atoms with Crippen LogP contribution in [0.2, 0.25) is 0 Å². The van der Waals surface area contributed by atoms with Crippen LogP contribution >= 0.6 is 0 Å². The molecule has 5 heteroatoms. The molecule has 1 aliphatic heterocycles. The summed E-state index contributed by atoms with van der Waals surface area (Å²) in [4.78, 5) is 8.97. The third-order valence-corrected chi connectivity index (χ3v) is 7.89. The van der Waals surface area contributed by atoms with E-state index in [-0.39, 0.29) is 0 Å². The van der Waals surface area contributed by atoms with Gasteiger partial charge in [-0.05, 0) is 79.7 Å². The summed E-state index contributed by atoms with van der Waals surface area (Å²) >= 11 is 0. The Hall–Kier alpha value is -4.06. The molecular formula is C34H31BN2O2. The van der Waals surface area contributed by atoms with E-state index in [9.17, 15) is 0 Å². The van der Waals surface area contributed by atoms with Gasteiger partial charge < -0.3 is 9.31 Å².